The van der Waals surface area contributed by atoms with Gasteiger partial charge in [0.15, 0.2) is 0 Å². The van der Waals surface area contributed by atoms with Crippen LogP contribution in [0.3, 0.4) is 0 Å². The first-order valence-electron chi connectivity index (χ1n) is 6.68. The zero-order chi connectivity index (χ0) is 12.3. The third-order valence-corrected chi connectivity index (χ3v) is 4.08. The van der Waals surface area contributed by atoms with Gasteiger partial charge in [0.05, 0.1) is 7.85 Å². The highest BCUT2D eigenvalue weighted by atomic mass is 15.1. The standard InChI is InChI=1S/C12H20BN.C2H6/c1-9-11-4-6-12(2,13)8-10(11)5-7-14(9)3;1-2/h10-11H,1,4-8H2,2-3H3;1-2H3. The number of rotatable bonds is 0. The summed E-state index contributed by atoms with van der Waals surface area (Å²) in [7, 11) is 8.38. The Balaban J connectivity index is 0.000000606. The summed E-state index contributed by atoms with van der Waals surface area (Å²) in [5.74, 6) is 1.51. The fraction of sp³-hybridized carbons (Fsp3) is 0.857. The second-order valence-electron chi connectivity index (χ2n) is 5.46. The van der Waals surface area contributed by atoms with E-state index in [1.165, 1.54) is 25.0 Å². The van der Waals surface area contributed by atoms with Crippen molar-refractivity contribution in [1.29, 1.82) is 0 Å². The van der Waals surface area contributed by atoms with E-state index in [0.717, 1.165) is 18.9 Å². The molecule has 1 saturated heterocycles. The van der Waals surface area contributed by atoms with Gasteiger partial charge in [-0.15, -0.1) is 0 Å². The second kappa shape index (κ2) is 5.29. The van der Waals surface area contributed by atoms with Crippen LogP contribution in [0.15, 0.2) is 12.3 Å². The molecular weight excluding hydrogens is 193 g/mol. The van der Waals surface area contributed by atoms with Gasteiger partial charge in [-0.25, -0.2) is 0 Å². The highest BCUT2D eigenvalue weighted by Gasteiger charge is 2.38. The van der Waals surface area contributed by atoms with Crippen molar-refractivity contribution < 1.29 is 0 Å². The first kappa shape index (κ1) is 13.7. The lowest BCUT2D eigenvalue weighted by molar-refractivity contribution is 0.135. The fourth-order valence-electron chi connectivity index (χ4n) is 3.09. The van der Waals surface area contributed by atoms with E-state index in [9.17, 15) is 0 Å². The van der Waals surface area contributed by atoms with Gasteiger partial charge in [-0.05, 0) is 18.8 Å². The maximum atomic E-state index is 6.22. The van der Waals surface area contributed by atoms with Crippen molar-refractivity contribution in [2.75, 3.05) is 13.6 Å². The molecule has 2 radical (unpaired) electrons. The lowest BCUT2D eigenvalue weighted by Crippen LogP contribution is -2.40. The molecule has 0 aromatic heterocycles. The molecule has 2 fully saturated rings. The Labute approximate surface area is 103 Å². The second-order valence-corrected chi connectivity index (χ2v) is 5.46. The molecular formula is C14H26BN. The molecule has 2 aliphatic rings. The molecule has 0 bridgehead atoms. The fourth-order valence-corrected chi connectivity index (χ4v) is 3.09. The van der Waals surface area contributed by atoms with Crippen molar-refractivity contribution in [3.8, 4) is 0 Å². The van der Waals surface area contributed by atoms with E-state index in [1.807, 2.05) is 13.8 Å². The summed E-state index contributed by atoms with van der Waals surface area (Å²) >= 11 is 0. The van der Waals surface area contributed by atoms with E-state index in [4.69, 9.17) is 7.85 Å². The van der Waals surface area contributed by atoms with Gasteiger partial charge in [0.25, 0.3) is 0 Å². The molecule has 2 heteroatoms. The van der Waals surface area contributed by atoms with Crippen LogP contribution in [-0.4, -0.2) is 26.3 Å². The molecule has 3 atom stereocenters. The number of allylic oxidation sites excluding steroid dienone is 1. The van der Waals surface area contributed by atoms with Crippen molar-refractivity contribution in [2.24, 2.45) is 11.8 Å². The zero-order valence-electron chi connectivity index (χ0n) is 11.4. The number of hydrogen-bond acceptors (Lipinski definition) is 1. The lowest BCUT2D eigenvalue weighted by atomic mass is 9.55. The monoisotopic (exact) mass is 219 g/mol. The number of likely N-dealkylation sites (tertiary alicyclic amines) is 1. The molecule has 0 aromatic rings. The van der Waals surface area contributed by atoms with Crippen LogP contribution in [0.5, 0.6) is 0 Å². The third-order valence-electron chi connectivity index (χ3n) is 4.08. The highest BCUT2D eigenvalue weighted by molar-refractivity contribution is 6.14. The summed E-state index contributed by atoms with van der Waals surface area (Å²) in [4.78, 5) is 2.32. The minimum absolute atomic E-state index is 0.0807. The van der Waals surface area contributed by atoms with Gasteiger partial charge in [0.1, 0.15) is 0 Å². The summed E-state index contributed by atoms with van der Waals surface area (Å²) in [5, 5.41) is 0.0807. The van der Waals surface area contributed by atoms with Crippen molar-refractivity contribution in [1.82, 2.24) is 4.90 Å². The molecule has 1 heterocycles. The Morgan fingerprint density at radius 3 is 2.62 bits per heavy atom. The van der Waals surface area contributed by atoms with Crippen molar-refractivity contribution >= 4 is 7.85 Å². The predicted octanol–water partition coefficient (Wildman–Crippen LogP) is 3.63. The minimum Gasteiger partial charge on any atom is -0.378 e. The molecule has 1 aliphatic heterocycles. The van der Waals surface area contributed by atoms with Gasteiger partial charge in [-0.2, -0.15) is 0 Å². The van der Waals surface area contributed by atoms with Crippen LogP contribution in [-0.2, 0) is 0 Å². The molecule has 1 aliphatic carbocycles. The highest BCUT2D eigenvalue weighted by Crippen LogP contribution is 2.50. The summed E-state index contributed by atoms with van der Waals surface area (Å²) in [6.45, 7) is 11.6. The number of fused-ring (bicyclic) bond motifs is 1. The summed E-state index contributed by atoms with van der Waals surface area (Å²) in [6, 6.07) is 0. The maximum Gasteiger partial charge on any atom is 0.0742 e. The van der Waals surface area contributed by atoms with E-state index >= 15 is 0 Å². The molecule has 2 rings (SSSR count). The Bertz CT molecular complexity index is 247. The van der Waals surface area contributed by atoms with Crippen molar-refractivity contribution in [3.05, 3.63) is 12.3 Å². The van der Waals surface area contributed by atoms with Crippen LogP contribution < -0.4 is 0 Å². The third kappa shape index (κ3) is 2.84. The van der Waals surface area contributed by atoms with Crippen LogP contribution in [0.4, 0.5) is 0 Å². The average molecular weight is 219 g/mol. The Morgan fingerprint density at radius 1 is 1.38 bits per heavy atom. The molecule has 16 heavy (non-hydrogen) atoms. The normalized spacial score (nSPS) is 38.5. The first-order chi connectivity index (χ1) is 7.49. The lowest BCUT2D eigenvalue weighted by Gasteiger charge is -2.47. The van der Waals surface area contributed by atoms with Gasteiger partial charge in [-0.3, -0.25) is 0 Å². The maximum absolute atomic E-state index is 6.22. The summed E-state index contributed by atoms with van der Waals surface area (Å²) in [5.41, 5.74) is 1.34. The largest absolute Gasteiger partial charge is 0.378 e. The van der Waals surface area contributed by atoms with Gasteiger partial charge in [-0.1, -0.05) is 45.5 Å². The molecule has 0 N–H and O–H groups in total. The first-order valence-corrected chi connectivity index (χ1v) is 6.68. The average Bonchev–Trinajstić information content (AvgIpc) is 2.25. The number of nitrogens with zero attached hydrogens (tertiary/aromatic N) is 1. The van der Waals surface area contributed by atoms with E-state index < -0.39 is 0 Å². The predicted molar refractivity (Wildman–Crippen MR) is 72.7 cm³/mol. The molecule has 3 unspecified atom stereocenters. The molecule has 1 nitrogen and oxygen atoms in total. The van der Waals surface area contributed by atoms with Crippen LogP contribution >= 0.6 is 0 Å². The Hall–Kier alpha value is -0.395. The summed E-state index contributed by atoms with van der Waals surface area (Å²) < 4.78 is 0. The summed E-state index contributed by atoms with van der Waals surface area (Å²) in [6.07, 6.45) is 4.87. The van der Waals surface area contributed by atoms with Gasteiger partial charge in [0.2, 0.25) is 0 Å². The van der Waals surface area contributed by atoms with Gasteiger partial charge < -0.3 is 4.90 Å². The van der Waals surface area contributed by atoms with E-state index in [-0.39, 0.29) is 5.31 Å². The Morgan fingerprint density at radius 2 is 2.00 bits per heavy atom. The number of hydrogen-bond donors (Lipinski definition) is 0. The van der Waals surface area contributed by atoms with Crippen LogP contribution in [0.25, 0.3) is 0 Å². The molecule has 1 saturated carbocycles. The molecule has 0 spiro atoms. The van der Waals surface area contributed by atoms with Crippen LogP contribution in [0, 0.1) is 11.8 Å². The van der Waals surface area contributed by atoms with Gasteiger partial charge in [0, 0.05) is 25.2 Å². The van der Waals surface area contributed by atoms with Crippen LogP contribution in [0.1, 0.15) is 46.5 Å². The van der Waals surface area contributed by atoms with E-state index in [2.05, 4.69) is 25.5 Å². The van der Waals surface area contributed by atoms with Crippen molar-refractivity contribution in [3.63, 3.8) is 0 Å². The van der Waals surface area contributed by atoms with Crippen LogP contribution in [0.2, 0.25) is 5.31 Å². The van der Waals surface area contributed by atoms with E-state index in [0.29, 0.717) is 5.92 Å². The quantitative estimate of drug-likeness (QED) is 0.562. The molecule has 0 amide bonds. The van der Waals surface area contributed by atoms with E-state index in [1.54, 1.807) is 0 Å². The number of piperidine rings is 1. The SMILES string of the molecule is CC.[B]C1(C)CCC2C(=C)N(C)CCC2C1. The smallest absolute Gasteiger partial charge is 0.0742 e. The topological polar surface area (TPSA) is 3.24 Å². The Kier molecular flexibility index (Phi) is 4.52. The molecule has 90 valence electrons. The minimum atomic E-state index is 0.0807. The van der Waals surface area contributed by atoms with Crippen molar-refractivity contribution in [2.45, 2.75) is 51.8 Å². The molecule has 0 aromatic carbocycles. The zero-order valence-corrected chi connectivity index (χ0v) is 11.4. The van der Waals surface area contributed by atoms with Gasteiger partial charge >= 0.3 is 0 Å².